The first kappa shape index (κ1) is 26.0. The number of carbonyl (C=O) groups is 3. The lowest BCUT2D eigenvalue weighted by Crippen LogP contribution is -2.50. The standard InChI is InChI=1S/C26H35N3O4S/c1-15(30)11-21(26(4,5)6)25(33)29-13-20(31)12-22(29)24(32)28-16(2)18-7-9-19(10-8-18)23-17(3)27-14-34-23/h7-10,14,16,20-22,31H,11-13H2,1-6H3,(H,28,32)/t16-,20+,21+,22-/m1/s1. The fraction of sp³-hybridized carbons (Fsp3) is 0.538. The molecule has 3 rings (SSSR count). The van der Waals surface area contributed by atoms with Crippen molar-refractivity contribution in [1.82, 2.24) is 15.2 Å². The number of nitrogens with zero attached hydrogens (tertiary/aromatic N) is 2. The number of hydrogen-bond donors (Lipinski definition) is 2. The van der Waals surface area contributed by atoms with Crippen LogP contribution in [0.25, 0.3) is 10.4 Å². The molecule has 2 heterocycles. The van der Waals surface area contributed by atoms with Crippen molar-refractivity contribution in [3.8, 4) is 10.4 Å². The van der Waals surface area contributed by atoms with E-state index in [0.29, 0.717) is 0 Å². The highest BCUT2D eigenvalue weighted by Crippen LogP contribution is 2.34. The van der Waals surface area contributed by atoms with Gasteiger partial charge in [0.2, 0.25) is 11.8 Å². The molecule has 1 aliphatic heterocycles. The second kappa shape index (κ2) is 10.4. The highest BCUT2D eigenvalue weighted by molar-refractivity contribution is 7.13. The number of hydrogen-bond acceptors (Lipinski definition) is 6. The number of benzene rings is 1. The van der Waals surface area contributed by atoms with Gasteiger partial charge in [0, 0.05) is 25.3 Å². The number of likely N-dealkylation sites (tertiary alicyclic amines) is 1. The van der Waals surface area contributed by atoms with Crippen LogP contribution in [0.3, 0.4) is 0 Å². The molecule has 4 atom stereocenters. The first-order valence-electron chi connectivity index (χ1n) is 11.7. The van der Waals surface area contributed by atoms with Crippen LogP contribution in [0.5, 0.6) is 0 Å². The lowest BCUT2D eigenvalue weighted by Gasteiger charge is -2.34. The van der Waals surface area contributed by atoms with E-state index in [4.69, 9.17) is 0 Å². The Kier molecular flexibility index (Phi) is 7.93. The average Bonchev–Trinajstić information content (AvgIpc) is 3.36. The zero-order valence-electron chi connectivity index (χ0n) is 20.8. The van der Waals surface area contributed by atoms with Crippen LogP contribution in [0.1, 0.15) is 64.8 Å². The van der Waals surface area contributed by atoms with Crippen molar-refractivity contribution in [1.29, 1.82) is 0 Å². The molecule has 0 radical (unpaired) electrons. The number of rotatable bonds is 7. The predicted molar refractivity (Wildman–Crippen MR) is 133 cm³/mol. The van der Waals surface area contributed by atoms with E-state index in [1.54, 1.807) is 11.3 Å². The summed E-state index contributed by atoms with van der Waals surface area (Å²) < 4.78 is 0. The Morgan fingerprint density at radius 2 is 1.88 bits per heavy atom. The maximum absolute atomic E-state index is 13.4. The minimum Gasteiger partial charge on any atom is -0.391 e. The van der Waals surface area contributed by atoms with Crippen LogP contribution in [0.15, 0.2) is 29.8 Å². The highest BCUT2D eigenvalue weighted by atomic mass is 32.1. The van der Waals surface area contributed by atoms with Gasteiger partial charge in [-0.05, 0) is 37.3 Å². The second-order valence-electron chi connectivity index (χ2n) is 10.3. The maximum atomic E-state index is 13.4. The van der Waals surface area contributed by atoms with Gasteiger partial charge in [-0.25, -0.2) is 4.98 Å². The monoisotopic (exact) mass is 485 g/mol. The predicted octanol–water partition coefficient (Wildman–Crippen LogP) is 3.90. The van der Waals surface area contributed by atoms with Crippen molar-refractivity contribution in [2.24, 2.45) is 11.3 Å². The zero-order valence-corrected chi connectivity index (χ0v) is 21.6. The molecule has 1 fully saturated rings. The van der Waals surface area contributed by atoms with E-state index >= 15 is 0 Å². The summed E-state index contributed by atoms with van der Waals surface area (Å²) in [5, 5.41) is 13.3. The van der Waals surface area contributed by atoms with Gasteiger partial charge in [-0.1, -0.05) is 45.0 Å². The molecule has 2 aromatic rings. The van der Waals surface area contributed by atoms with Crippen LogP contribution >= 0.6 is 11.3 Å². The first-order chi connectivity index (χ1) is 15.9. The van der Waals surface area contributed by atoms with Crippen LogP contribution in [-0.2, 0) is 14.4 Å². The van der Waals surface area contributed by atoms with E-state index in [1.807, 2.05) is 64.4 Å². The van der Waals surface area contributed by atoms with Gasteiger partial charge in [0.25, 0.3) is 0 Å². The Morgan fingerprint density at radius 1 is 1.24 bits per heavy atom. The van der Waals surface area contributed by atoms with Crippen molar-refractivity contribution in [2.75, 3.05) is 6.54 Å². The van der Waals surface area contributed by atoms with E-state index in [2.05, 4.69) is 10.3 Å². The summed E-state index contributed by atoms with van der Waals surface area (Å²) >= 11 is 1.59. The van der Waals surface area contributed by atoms with Crippen LogP contribution in [0.4, 0.5) is 0 Å². The van der Waals surface area contributed by atoms with E-state index in [0.717, 1.165) is 21.7 Å². The summed E-state index contributed by atoms with van der Waals surface area (Å²) in [5.74, 6) is -1.17. The largest absolute Gasteiger partial charge is 0.391 e. The first-order valence-corrected chi connectivity index (χ1v) is 12.5. The van der Waals surface area contributed by atoms with Crippen molar-refractivity contribution in [3.05, 3.63) is 41.0 Å². The van der Waals surface area contributed by atoms with Gasteiger partial charge < -0.3 is 20.1 Å². The molecule has 184 valence electrons. The van der Waals surface area contributed by atoms with E-state index in [9.17, 15) is 19.5 Å². The minimum absolute atomic E-state index is 0.0698. The SMILES string of the molecule is CC(=O)C[C@@H](C(=O)N1C[C@@H](O)C[C@@H]1C(=O)N[C@H](C)c1ccc(-c2scnc2C)cc1)C(C)(C)C. The van der Waals surface area contributed by atoms with Crippen LogP contribution in [-0.4, -0.2) is 51.3 Å². The van der Waals surface area contributed by atoms with Gasteiger partial charge in [-0.3, -0.25) is 9.59 Å². The number of Topliss-reactive ketones (excluding diaryl/α,β-unsaturated/α-hetero) is 1. The molecule has 2 N–H and O–H groups in total. The summed E-state index contributed by atoms with van der Waals surface area (Å²) in [6.07, 6.45) is -0.467. The van der Waals surface area contributed by atoms with Crippen molar-refractivity contribution in [2.45, 2.75) is 72.6 Å². The molecule has 2 amide bonds. The third-order valence-corrected chi connectivity index (χ3v) is 7.45. The number of aryl methyl sites for hydroxylation is 1. The molecule has 1 aromatic heterocycles. The Bertz CT molecular complexity index is 1040. The summed E-state index contributed by atoms with van der Waals surface area (Å²) in [4.78, 5) is 45.3. The quantitative estimate of drug-likeness (QED) is 0.620. The normalized spacial score (nSPS) is 20.1. The molecule has 34 heavy (non-hydrogen) atoms. The molecule has 0 aliphatic carbocycles. The Morgan fingerprint density at radius 3 is 2.41 bits per heavy atom. The Labute approximate surface area is 205 Å². The smallest absolute Gasteiger partial charge is 0.243 e. The van der Waals surface area contributed by atoms with Crippen LogP contribution in [0.2, 0.25) is 0 Å². The van der Waals surface area contributed by atoms with Gasteiger partial charge in [-0.2, -0.15) is 0 Å². The van der Waals surface area contributed by atoms with Crippen molar-refractivity contribution >= 4 is 28.9 Å². The molecule has 0 unspecified atom stereocenters. The number of amides is 2. The molecular weight excluding hydrogens is 450 g/mol. The molecule has 7 nitrogen and oxygen atoms in total. The average molecular weight is 486 g/mol. The van der Waals surface area contributed by atoms with E-state index in [-0.39, 0.29) is 43.0 Å². The fourth-order valence-electron chi connectivity index (χ4n) is 4.45. The molecular formula is C26H35N3O4S. The number of aliphatic hydroxyl groups excluding tert-OH is 1. The highest BCUT2D eigenvalue weighted by Gasteiger charge is 2.44. The number of aromatic nitrogens is 1. The molecule has 0 spiro atoms. The van der Waals surface area contributed by atoms with Gasteiger partial charge in [0.1, 0.15) is 11.8 Å². The molecule has 8 heteroatoms. The number of β-amino-alcohol motifs (C(OH)–C–C–N with tert-alkyl or cyclic N) is 1. The lowest BCUT2D eigenvalue weighted by molar-refractivity contribution is -0.146. The van der Waals surface area contributed by atoms with Crippen molar-refractivity contribution in [3.63, 3.8) is 0 Å². The van der Waals surface area contributed by atoms with E-state index < -0.39 is 23.5 Å². The zero-order chi connectivity index (χ0) is 25.2. The topological polar surface area (TPSA) is 99.6 Å². The molecule has 1 saturated heterocycles. The summed E-state index contributed by atoms with van der Waals surface area (Å²) in [6, 6.07) is 6.96. The van der Waals surface area contributed by atoms with Crippen LogP contribution < -0.4 is 5.32 Å². The number of thiazole rings is 1. The lowest BCUT2D eigenvalue weighted by atomic mass is 9.77. The van der Waals surface area contributed by atoms with Gasteiger partial charge in [0.05, 0.1) is 28.2 Å². The molecule has 1 aliphatic rings. The number of nitrogens with one attached hydrogen (secondary N) is 1. The van der Waals surface area contributed by atoms with Crippen molar-refractivity contribution < 1.29 is 19.5 Å². The number of ketones is 1. The van der Waals surface area contributed by atoms with Crippen LogP contribution in [0, 0.1) is 18.3 Å². The van der Waals surface area contributed by atoms with Gasteiger partial charge >= 0.3 is 0 Å². The Balaban J connectivity index is 1.72. The molecule has 0 bridgehead atoms. The van der Waals surface area contributed by atoms with E-state index in [1.165, 1.54) is 11.8 Å². The summed E-state index contributed by atoms with van der Waals surface area (Å²) in [7, 11) is 0. The van der Waals surface area contributed by atoms with Gasteiger partial charge in [0.15, 0.2) is 0 Å². The maximum Gasteiger partial charge on any atom is 0.243 e. The second-order valence-corrected chi connectivity index (χ2v) is 11.2. The number of carbonyl (C=O) groups excluding carboxylic acids is 3. The summed E-state index contributed by atoms with van der Waals surface area (Å²) in [6.45, 7) is 11.2. The molecule has 0 saturated carbocycles. The fourth-order valence-corrected chi connectivity index (χ4v) is 5.26. The summed E-state index contributed by atoms with van der Waals surface area (Å²) in [5.41, 5.74) is 4.40. The third kappa shape index (κ3) is 5.91. The molecule has 1 aromatic carbocycles. The van der Waals surface area contributed by atoms with Gasteiger partial charge in [-0.15, -0.1) is 11.3 Å². The third-order valence-electron chi connectivity index (χ3n) is 6.48. The Hall–Kier alpha value is -2.58. The number of aliphatic hydroxyl groups is 1. The minimum atomic E-state index is -0.769.